The zero-order chi connectivity index (χ0) is 11.8. The maximum absolute atomic E-state index is 6.03. The van der Waals surface area contributed by atoms with Crippen LogP contribution in [0.5, 0.6) is 0 Å². The van der Waals surface area contributed by atoms with E-state index in [1.807, 2.05) is 0 Å². The molecule has 3 aliphatic heterocycles. The van der Waals surface area contributed by atoms with Gasteiger partial charge in [0.1, 0.15) is 0 Å². The quantitative estimate of drug-likeness (QED) is 0.521. The summed E-state index contributed by atoms with van der Waals surface area (Å²) in [6.45, 7) is 6.78. The first-order valence-corrected chi connectivity index (χ1v) is 6.83. The van der Waals surface area contributed by atoms with Crippen LogP contribution < -0.4 is 0 Å². The zero-order valence-electron chi connectivity index (χ0n) is 10.6. The van der Waals surface area contributed by atoms with Crippen LogP contribution in [0.4, 0.5) is 0 Å². The standard InChI is InChI=1S/C11H22BNO4/c1-2-3-6-14-10-11-9-13-4-7-15-12(13,17-11)16-8-5-13/h11H,2-10H2,1H3. The molecule has 3 aliphatic rings. The molecular weight excluding hydrogens is 221 g/mol. The number of hydrogen-bond acceptors (Lipinski definition) is 4. The topological polar surface area (TPSA) is 36.9 Å². The van der Waals surface area contributed by atoms with Crippen molar-refractivity contribution in [2.75, 3.05) is 46.1 Å². The van der Waals surface area contributed by atoms with E-state index in [1.54, 1.807) is 0 Å². The molecule has 0 aromatic rings. The Bertz CT molecular complexity index is 259. The lowest BCUT2D eigenvalue weighted by atomic mass is 9.94. The molecule has 0 bridgehead atoms. The van der Waals surface area contributed by atoms with Gasteiger partial charge in [0.2, 0.25) is 0 Å². The molecular formula is C11H22BNO4. The van der Waals surface area contributed by atoms with Crippen molar-refractivity contribution in [1.82, 2.24) is 0 Å². The van der Waals surface area contributed by atoms with Crippen LogP contribution in [-0.4, -0.2) is 63.4 Å². The van der Waals surface area contributed by atoms with Crippen LogP contribution >= 0.6 is 0 Å². The lowest BCUT2D eigenvalue weighted by Crippen LogP contribution is -2.59. The average molecular weight is 243 g/mol. The number of unbranched alkanes of at least 4 members (excludes halogenated alkanes) is 1. The first-order valence-electron chi connectivity index (χ1n) is 6.83. The lowest BCUT2D eigenvalue weighted by molar-refractivity contribution is -0.816. The second-order valence-corrected chi connectivity index (χ2v) is 5.38. The van der Waals surface area contributed by atoms with E-state index >= 15 is 0 Å². The van der Waals surface area contributed by atoms with Gasteiger partial charge in [0.15, 0.2) is 0 Å². The van der Waals surface area contributed by atoms with Gasteiger partial charge >= 0.3 is 6.89 Å². The third-order valence-corrected chi connectivity index (χ3v) is 4.28. The molecule has 0 aliphatic carbocycles. The van der Waals surface area contributed by atoms with Crippen LogP contribution in [0.1, 0.15) is 19.8 Å². The molecule has 17 heavy (non-hydrogen) atoms. The summed E-state index contributed by atoms with van der Waals surface area (Å²) >= 11 is 0. The number of hydrogen-bond donors (Lipinski definition) is 0. The maximum atomic E-state index is 6.03. The molecule has 0 amide bonds. The second-order valence-electron chi connectivity index (χ2n) is 5.38. The minimum absolute atomic E-state index is 0.146. The average Bonchev–Trinajstić information content (AvgIpc) is 2.84. The van der Waals surface area contributed by atoms with E-state index in [9.17, 15) is 0 Å². The minimum atomic E-state index is -1.49. The molecule has 0 radical (unpaired) electrons. The number of nitrogens with zero attached hydrogens (tertiary/aromatic N) is 1. The summed E-state index contributed by atoms with van der Waals surface area (Å²) in [5.74, 6) is 0. The van der Waals surface area contributed by atoms with Crippen molar-refractivity contribution in [1.29, 1.82) is 0 Å². The Hall–Kier alpha value is -0.135. The summed E-state index contributed by atoms with van der Waals surface area (Å²) in [7, 11) is 0. The van der Waals surface area contributed by atoms with Crippen LogP contribution in [0.15, 0.2) is 0 Å². The van der Waals surface area contributed by atoms with Crippen LogP contribution in [0.2, 0.25) is 0 Å². The number of rotatable bonds is 5. The molecule has 0 aromatic carbocycles. The van der Waals surface area contributed by atoms with E-state index in [0.29, 0.717) is 6.61 Å². The van der Waals surface area contributed by atoms with Gasteiger partial charge in [-0.3, -0.25) is 0 Å². The van der Waals surface area contributed by atoms with Crippen LogP contribution in [-0.2, 0) is 18.7 Å². The van der Waals surface area contributed by atoms with Gasteiger partial charge in [0, 0.05) is 6.61 Å². The smallest absolute Gasteiger partial charge is 0.481 e. The molecule has 0 spiro atoms. The van der Waals surface area contributed by atoms with Gasteiger partial charge in [-0.15, -0.1) is 0 Å². The highest BCUT2D eigenvalue weighted by Gasteiger charge is 2.66. The van der Waals surface area contributed by atoms with Crippen molar-refractivity contribution in [3.8, 4) is 0 Å². The Labute approximate surface area is 103 Å². The Kier molecular flexibility index (Phi) is 3.17. The predicted octanol–water partition coefficient (Wildman–Crippen LogP) is 0.515. The highest BCUT2D eigenvalue weighted by molar-refractivity contribution is 6.54. The fourth-order valence-electron chi connectivity index (χ4n) is 3.32. The fourth-order valence-corrected chi connectivity index (χ4v) is 3.32. The van der Waals surface area contributed by atoms with E-state index < -0.39 is 6.89 Å². The van der Waals surface area contributed by atoms with Crippen molar-refractivity contribution < 1.29 is 23.1 Å². The van der Waals surface area contributed by atoms with Crippen molar-refractivity contribution in [2.24, 2.45) is 0 Å². The summed E-state index contributed by atoms with van der Waals surface area (Å²) in [5, 5.41) is 0. The molecule has 5 nitrogen and oxygen atoms in total. The molecule has 3 fully saturated rings. The highest BCUT2D eigenvalue weighted by Crippen LogP contribution is 2.41. The van der Waals surface area contributed by atoms with Crippen LogP contribution in [0.25, 0.3) is 0 Å². The summed E-state index contributed by atoms with van der Waals surface area (Å²) in [6.07, 6.45) is 2.44. The summed E-state index contributed by atoms with van der Waals surface area (Å²) in [4.78, 5) is 0. The fraction of sp³-hybridized carbons (Fsp3) is 1.00. The Morgan fingerprint density at radius 1 is 1.29 bits per heavy atom. The number of ether oxygens (including phenoxy) is 1. The van der Waals surface area contributed by atoms with E-state index in [2.05, 4.69) is 6.92 Å². The summed E-state index contributed by atoms with van der Waals surface area (Å²) in [5.41, 5.74) is 0. The third-order valence-electron chi connectivity index (χ3n) is 4.28. The highest BCUT2D eigenvalue weighted by atomic mass is 16.8. The minimum Gasteiger partial charge on any atom is -0.481 e. The van der Waals surface area contributed by atoms with Crippen molar-refractivity contribution >= 4 is 6.89 Å². The van der Waals surface area contributed by atoms with Crippen molar-refractivity contribution in [2.45, 2.75) is 25.9 Å². The first kappa shape index (κ1) is 11.9. The SMILES string of the molecule is CCCCOCC1C[N+]23CCO[B-]2(OCC3)O1. The molecule has 6 heteroatoms. The van der Waals surface area contributed by atoms with E-state index in [1.165, 1.54) is 6.42 Å². The lowest BCUT2D eigenvalue weighted by Gasteiger charge is -2.37. The van der Waals surface area contributed by atoms with Gasteiger partial charge in [0.25, 0.3) is 0 Å². The molecule has 3 heterocycles. The van der Waals surface area contributed by atoms with Crippen LogP contribution in [0, 0.1) is 0 Å². The first-order chi connectivity index (χ1) is 8.30. The summed E-state index contributed by atoms with van der Waals surface area (Å²) in [6, 6.07) is 0. The molecule has 3 saturated heterocycles. The largest absolute Gasteiger partial charge is 0.625 e. The molecule has 3 rings (SSSR count). The summed E-state index contributed by atoms with van der Waals surface area (Å²) < 4.78 is 24.1. The van der Waals surface area contributed by atoms with Gasteiger partial charge < -0.3 is 23.1 Å². The van der Waals surface area contributed by atoms with Gasteiger partial charge in [0.05, 0.1) is 45.6 Å². The number of quaternary nitrogens is 1. The predicted molar refractivity (Wildman–Crippen MR) is 63.1 cm³/mol. The normalized spacial score (nSPS) is 43.9. The molecule has 0 saturated carbocycles. The molecule has 1 unspecified atom stereocenters. The maximum Gasteiger partial charge on any atom is 0.625 e. The van der Waals surface area contributed by atoms with Crippen LogP contribution in [0.3, 0.4) is 0 Å². The Morgan fingerprint density at radius 2 is 2.06 bits per heavy atom. The second kappa shape index (κ2) is 4.51. The molecule has 0 aromatic heterocycles. The molecule has 0 N–H and O–H groups in total. The van der Waals surface area contributed by atoms with Gasteiger partial charge in [-0.25, -0.2) is 0 Å². The Balaban J connectivity index is 1.55. The van der Waals surface area contributed by atoms with Gasteiger partial charge in [-0.1, -0.05) is 13.3 Å². The molecule has 98 valence electrons. The molecule has 1 atom stereocenters. The van der Waals surface area contributed by atoms with E-state index in [-0.39, 0.29) is 6.10 Å². The van der Waals surface area contributed by atoms with Crippen molar-refractivity contribution in [3.63, 3.8) is 0 Å². The third kappa shape index (κ3) is 1.83. The monoisotopic (exact) mass is 243 g/mol. The van der Waals surface area contributed by atoms with E-state index in [4.69, 9.17) is 18.7 Å². The van der Waals surface area contributed by atoms with E-state index in [0.717, 1.165) is 50.3 Å². The van der Waals surface area contributed by atoms with Gasteiger partial charge in [-0.05, 0) is 6.42 Å². The zero-order valence-corrected chi connectivity index (χ0v) is 10.6. The van der Waals surface area contributed by atoms with Crippen molar-refractivity contribution in [3.05, 3.63) is 0 Å². The van der Waals surface area contributed by atoms with Gasteiger partial charge in [-0.2, -0.15) is 0 Å². The Morgan fingerprint density at radius 3 is 2.71 bits per heavy atom.